The van der Waals surface area contributed by atoms with Gasteiger partial charge >= 0.3 is 0 Å². The highest BCUT2D eigenvalue weighted by atomic mass is 79.9. The maximum absolute atomic E-state index is 13.5. The van der Waals surface area contributed by atoms with E-state index in [1.807, 2.05) is 43.5 Å². The van der Waals surface area contributed by atoms with Crippen molar-refractivity contribution < 1.29 is 17.6 Å². The summed E-state index contributed by atoms with van der Waals surface area (Å²) in [6.07, 6.45) is 0.462. The predicted molar refractivity (Wildman–Crippen MR) is 115 cm³/mol. The third kappa shape index (κ3) is 3.65. The second kappa shape index (κ2) is 7.31. The number of hydrogen-bond donors (Lipinski definition) is 0. The van der Waals surface area contributed by atoms with Crippen LogP contribution in [0.15, 0.2) is 38.5 Å². The molecule has 4 rings (SSSR count). The van der Waals surface area contributed by atoms with Crippen molar-refractivity contribution in [2.24, 2.45) is 0 Å². The Kier molecular flexibility index (Phi) is 5.14. The molecule has 1 aromatic carbocycles. The standard InChI is InChI=1S/C20H20BrNO4S2/c1-12-5-7-27-18(12)10-22(15-6-8-28(24,25)11-15)20(23)19-13(2)16-4-3-14(21)9-17(16)26-19/h3-5,7,9,15H,6,8,10-11H2,1-2H3/t15-/m1/s1. The summed E-state index contributed by atoms with van der Waals surface area (Å²) in [7, 11) is -3.11. The molecular formula is C20H20BrNO4S2. The number of carbonyl (C=O) groups excluding carboxylic acids is 1. The van der Waals surface area contributed by atoms with E-state index in [-0.39, 0.29) is 29.2 Å². The molecule has 0 bridgehead atoms. The molecule has 3 aromatic rings. The van der Waals surface area contributed by atoms with Crippen LogP contribution in [-0.2, 0) is 16.4 Å². The minimum Gasteiger partial charge on any atom is -0.451 e. The number of halogens is 1. The van der Waals surface area contributed by atoms with Crippen LogP contribution in [0.1, 0.15) is 33.0 Å². The van der Waals surface area contributed by atoms with Gasteiger partial charge in [-0.05, 0) is 55.5 Å². The fraction of sp³-hybridized carbons (Fsp3) is 0.350. The molecule has 0 radical (unpaired) electrons. The van der Waals surface area contributed by atoms with E-state index in [4.69, 9.17) is 4.42 Å². The Morgan fingerprint density at radius 2 is 2.11 bits per heavy atom. The highest BCUT2D eigenvalue weighted by molar-refractivity contribution is 9.10. The number of sulfone groups is 1. The predicted octanol–water partition coefficient (Wildman–Crippen LogP) is 4.70. The zero-order valence-electron chi connectivity index (χ0n) is 15.6. The summed E-state index contributed by atoms with van der Waals surface area (Å²) in [6, 6.07) is 7.35. The van der Waals surface area contributed by atoms with Crippen molar-refractivity contribution in [3.63, 3.8) is 0 Å². The molecule has 1 fully saturated rings. The molecule has 1 aliphatic rings. The average Bonchev–Trinajstić information content (AvgIpc) is 3.30. The first kappa shape index (κ1) is 19.7. The zero-order valence-corrected chi connectivity index (χ0v) is 18.8. The number of carbonyl (C=O) groups is 1. The van der Waals surface area contributed by atoms with Gasteiger partial charge in [0.15, 0.2) is 15.6 Å². The second-order valence-corrected chi connectivity index (χ2v) is 11.4. The smallest absolute Gasteiger partial charge is 0.290 e. The highest BCUT2D eigenvalue weighted by Crippen LogP contribution is 2.31. The van der Waals surface area contributed by atoms with Crippen LogP contribution in [0.4, 0.5) is 0 Å². The molecule has 28 heavy (non-hydrogen) atoms. The van der Waals surface area contributed by atoms with Crippen LogP contribution in [0, 0.1) is 13.8 Å². The van der Waals surface area contributed by atoms with Crippen LogP contribution in [0.3, 0.4) is 0 Å². The van der Waals surface area contributed by atoms with Crippen LogP contribution in [0.5, 0.6) is 0 Å². The molecule has 1 atom stereocenters. The molecule has 0 N–H and O–H groups in total. The summed E-state index contributed by atoms with van der Waals surface area (Å²) in [6.45, 7) is 4.26. The first-order chi connectivity index (χ1) is 13.2. The lowest BCUT2D eigenvalue weighted by Gasteiger charge is -2.27. The quantitative estimate of drug-likeness (QED) is 0.541. The molecule has 0 saturated carbocycles. The Balaban J connectivity index is 1.74. The van der Waals surface area contributed by atoms with Gasteiger partial charge in [0.05, 0.1) is 18.1 Å². The van der Waals surface area contributed by atoms with Gasteiger partial charge in [0.2, 0.25) is 0 Å². The van der Waals surface area contributed by atoms with E-state index in [1.54, 1.807) is 16.2 Å². The van der Waals surface area contributed by atoms with Crippen molar-refractivity contribution in [3.8, 4) is 0 Å². The molecule has 1 amide bonds. The molecule has 148 valence electrons. The maximum atomic E-state index is 13.5. The first-order valence-corrected chi connectivity index (χ1v) is 12.5. The fourth-order valence-electron chi connectivity index (χ4n) is 3.64. The van der Waals surface area contributed by atoms with Crippen LogP contribution >= 0.6 is 27.3 Å². The molecule has 2 aromatic heterocycles. The van der Waals surface area contributed by atoms with Gasteiger partial charge in [-0.2, -0.15) is 0 Å². The number of nitrogens with zero attached hydrogens (tertiary/aromatic N) is 1. The number of fused-ring (bicyclic) bond motifs is 1. The second-order valence-electron chi connectivity index (χ2n) is 7.21. The van der Waals surface area contributed by atoms with Gasteiger partial charge in [-0.1, -0.05) is 15.9 Å². The number of benzene rings is 1. The van der Waals surface area contributed by atoms with Crippen molar-refractivity contribution in [3.05, 3.63) is 55.9 Å². The van der Waals surface area contributed by atoms with E-state index in [0.29, 0.717) is 18.5 Å². The largest absolute Gasteiger partial charge is 0.451 e. The normalized spacial score (nSPS) is 18.6. The Hall–Kier alpha value is -1.64. The number of aryl methyl sites for hydroxylation is 2. The van der Waals surface area contributed by atoms with Gasteiger partial charge in [0, 0.05) is 26.3 Å². The Morgan fingerprint density at radius 1 is 1.32 bits per heavy atom. The van der Waals surface area contributed by atoms with Gasteiger partial charge in [-0.3, -0.25) is 4.79 Å². The Morgan fingerprint density at radius 3 is 2.75 bits per heavy atom. The number of furan rings is 1. The van der Waals surface area contributed by atoms with E-state index < -0.39 is 9.84 Å². The van der Waals surface area contributed by atoms with E-state index in [9.17, 15) is 13.2 Å². The van der Waals surface area contributed by atoms with Gasteiger partial charge in [-0.25, -0.2) is 8.42 Å². The van der Waals surface area contributed by atoms with Gasteiger partial charge < -0.3 is 9.32 Å². The van der Waals surface area contributed by atoms with Crippen LogP contribution in [-0.4, -0.2) is 36.8 Å². The van der Waals surface area contributed by atoms with Crippen molar-refractivity contribution in [2.75, 3.05) is 11.5 Å². The molecule has 3 heterocycles. The Bertz CT molecular complexity index is 1160. The van der Waals surface area contributed by atoms with Crippen LogP contribution < -0.4 is 0 Å². The van der Waals surface area contributed by atoms with Crippen LogP contribution in [0.25, 0.3) is 11.0 Å². The van der Waals surface area contributed by atoms with E-state index in [2.05, 4.69) is 15.9 Å². The lowest BCUT2D eigenvalue weighted by molar-refractivity contribution is 0.0651. The van der Waals surface area contributed by atoms with Gasteiger partial charge in [0.1, 0.15) is 5.58 Å². The first-order valence-electron chi connectivity index (χ1n) is 8.98. The zero-order chi connectivity index (χ0) is 20.1. The summed E-state index contributed by atoms with van der Waals surface area (Å²) >= 11 is 5.01. The third-order valence-corrected chi connectivity index (χ3v) is 8.54. The number of hydrogen-bond acceptors (Lipinski definition) is 5. The maximum Gasteiger partial charge on any atom is 0.290 e. The monoisotopic (exact) mass is 481 g/mol. The van der Waals surface area contributed by atoms with Gasteiger partial charge in [0.25, 0.3) is 5.91 Å². The average molecular weight is 482 g/mol. The van der Waals surface area contributed by atoms with E-state index in [0.717, 1.165) is 25.9 Å². The minimum atomic E-state index is -3.11. The molecule has 0 unspecified atom stereocenters. The van der Waals surface area contributed by atoms with Crippen molar-refractivity contribution in [1.82, 2.24) is 4.90 Å². The van der Waals surface area contributed by atoms with E-state index in [1.165, 1.54) is 0 Å². The summed E-state index contributed by atoms with van der Waals surface area (Å²) in [5.74, 6) is 0.164. The van der Waals surface area contributed by atoms with Crippen molar-refractivity contribution in [1.29, 1.82) is 0 Å². The summed E-state index contributed by atoms with van der Waals surface area (Å²) in [4.78, 5) is 16.2. The molecular weight excluding hydrogens is 462 g/mol. The Labute approximate surface area is 176 Å². The summed E-state index contributed by atoms with van der Waals surface area (Å²) in [5.41, 5.74) is 2.52. The number of thiophene rings is 1. The molecule has 8 heteroatoms. The lowest BCUT2D eigenvalue weighted by atomic mass is 10.1. The third-order valence-electron chi connectivity index (χ3n) is 5.29. The summed E-state index contributed by atoms with van der Waals surface area (Å²) < 4.78 is 30.9. The number of rotatable bonds is 4. The van der Waals surface area contributed by atoms with E-state index >= 15 is 0 Å². The molecule has 0 spiro atoms. The minimum absolute atomic E-state index is 0.00792. The number of amides is 1. The fourth-order valence-corrected chi connectivity index (χ4v) is 6.62. The van der Waals surface area contributed by atoms with Crippen molar-refractivity contribution in [2.45, 2.75) is 32.9 Å². The molecule has 1 aliphatic heterocycles. The SMILES string of the molecule is Cc1ccsc1CN(C(=O)c1oc2cc(Br)ccc2c1C)[C@@H]1CCS(=O)(=O)C1. The topological polar surface area (TPSA) is 67.6 Å². The molecule has 1 saturated heterocycles. The highest BCUT2D eigenvalue weighted by Gasteiger charge is 2.37. The lowest BCUT2D eigenvalue weighted by Crippen LogP contribution is -2.40. The van der Waals surface area contributed by atoms with Gasteiger partial charge in [-0.15, -0.1) is 11.3 Å². The molecule has 0 aliphatic carbocycles. The van der Waals surface area contributed by atoms with Crippen molar-refractivity contribution >= 4 is 54.0 Å². The summed E-state index contributed by atoms with van der Waals surface area (Å²) in [5, 5.41) is 2.88. The van der Waals surface area contributed by atoms with Crippen LogP contribution in [0.2, 0.25) is 0 Å². The molecule has 5 nitrogen and oxygen atoms in total.